The van der Waals surface area contributed by atoms with E-state index in [1.54, 1.807) is 0 Å². The topological polar surface area (TPSA) is 29.5 Å². The summed E-state index contributed by atoms with van der Waals surface area (Å²) in [5.74, 6) is 0.813. The predicted molar refractivity (Wildman–Crippen MR) is 123 cm³/mol. The molecule has 0 aliphatic carbocycles. The standard InChI is InChI=1S/C27H27NO2/c29-27(24-13-15-25(16-14-24)30-20-19-28-17-7-8-18-28)26(23-11-5-2-6-12-23)21-22-9-3-1-4-10-22/h1-6,9-16,21H,7-8,17-20H2. The zero-order valence-electron chi connectivity index (χ0n) is 17.2. The van der Waals surface area contributed by atoms with Crippen LogP contribution in [0.5, 0.6) is 5.75 Å². The van der Waals surface area contributed by atoms with Crippen LogP contribution in [0.15, 0.2) is 84.9 Å². The Morgan fingerprint density at radius 1 is 0.800 bits per heavy atom. The first kappa shape index (κ1) is 20.1. The third-order valence-corrected chi connectivity index (χ3v) is 5.43. The first-order chi connectivity index (χ1) is 14.8. The lowest BCUT2D eigenvalue weighted by Crippen LogP contribution is -2.25. The first-order valence-electron chi connectivity index (χ1n) is 10.6. The van der Waals surface area contributed by atoms with E-state index in [2.05, 4.69) is 4.90 Å². The summed E-state index contributed by atoms with van der Waals surface area (Å²) in [4.78, 5) is 15.8. The number of carbonyl (C=O) groups is 1. The normalized spacial score (nSPS) is 14.6. The van der Waals surface area contributed by atoms with Gasteiger partial charge in [0, 0.05) is 17.7 Å². The van der Waals surface area contributed by atoms with Crippen LogP contribution in [-0.2, 0) is 0 Å². The highest BCUT2D eigenvalue weighted by Crippen LogP contribution is 2.24. The van der Waals surface area contributed by atoms with Crippen molar-refractivity contribution in [1.29, 1.82) is 0 Å². The second-order valence-corrected chi connectivity index (χ2v) is 7.59. The van der Waals surface area contributed by atoms with E-state index >= 15 is 0 Å². The molecule has 4 rings (SSSR count). The molecule has 1 fully saturated rings. The third kappa shape index (κ3) is 5.25. The predicted octanol–water partition coefficient (Wildman–Crippen LogP) is 5.58. The molecule has 1 aliphatic rings. The summed E-state index contributed by atoms with van der Waals surface area (Å²) in [6.07, 6.45) is 4.53. The molecule has 0 amide bonds. The maximum absolute atomic E-state index is 13.3. The maximum atomic E-state index is 13.3. The van der Waals surface area contributed by atoms with E-state index in [9.17, 15) is 4.79 Å². The fourth-order valence-electron chi connectivity index (χ4n) is 3.77. The van der Waals surface area contributed by atoms with Gasteiger partial charge in [-0.2, -0.15) is 0 Å². The van der Waals surface area contributed by atoms with E-state index in [4.69, 9.17) is 4.74 Å². The summed E-state index contributed by atoms with van der Waals surface area (Å²) in [5.41, 5.74) is 3.27. The van der Waals surface area contributed by atoms with E-state index in [0.29, 0.717) is 17.7 Å². The minimum atomic E-state index is 0.00803. The lowest BCUT2D eigenvalue weighted by molar-refractivity contribution is 0.105. The number of benzene rings is 3. The van der Waals surface area contributed by atoms with Gasteiger partial charge in [0.2, 0.25) is 0 Å². The van der Waals surface area contributed by atoms with E-state index in [1.165, 1.54) is 25.9 Å². The molecule has 1 saturated heterocycles. The Labute approximate surface area is 178 Å². The molecular formula is C27H27NO2. The minimum absolute atomic E-state index is 0.00803. The highest BCUT2D eigenvalue weighted by molar-refractivity contribution is 6.32. The van der Waals surface area contributed by atoms with Crippen LogP contribution in [0.1, 0.15) is 34.3 Å². The summed E-state index contributed by atoms with van der Waals surface area (Å²) >= 11 is 0. The van der Waals surface area contributed by atoms with Crippen LogP contribution in [0.3, 0.4) is 0 Å². The van der Waals surface area contributed by atoms with Crippen molar-refractivity contribution < 1.29 is 9.53 Å². The van der Waals surface area contributed by atoms with Crippen LogP contribution in [0.25, 0.3) is 11.6 Å². The SMILES string of the molecule is O=C(C(=Cc1ccccc1)c1ccccc1)c1ccc(OCCN2CCCC2)cc1. The molecule has 3 heteroatoms. The molecule has 1 heterocycles. The number of nitrogens with zero attached hydrogens (tertiary/aromatic N) is 1. The molecule has 3 aromatic carbocycles. The van der Waals surface area contributed by atoms with Crippen LogP contribution in [0.4, 0.5) is 0 Å². The van der Waals surface area contributed by atoms with Crippen molar-refractivity contribution in [2.24, 2.45) is 0 Å². The molecule has 0 aromatic heterocycles. The summed E-state index contributed by atoms with van der Waals surface area (Å²) in [6.45, 7) is 3.98. The number of carbonyl (C=O) groups excluding carboxylic acids is 1. The van der Waals surface area contributed by atoms with Gasteiger partial charge >= 0.3 is 0 Å². The van der Waals surface area contributed by atoms with Gasteiger partial charge in [-0.25, -0.2) is 0 Å². The smallest absolute Gasteiger partial charge is 0.193 e. The zero-order chi connectivity index (χ0) is 20.6. The van der Waals surface area contributed by atoms with Crippen LogP contribution in [0.2, 0.25) is 0 Å². The Bertz CT molecular complexity index is 972. The fraction of sp³-hybridized carbons (Fsp3) is 0.222. The Hall–Kier alpha value is -3.17. The second kappa shape index (κ2) is 10.0. The van der Waals surface area contributed by atoms with Gasteiger partial charge in [-0.3, -0.25) is 9.69 Å². The largest absolute Gasteiger partial charge is 0.492 e. The van der Waals surface area contributed by atoms with Gasteiger partial charge < -0.3 is 4.74 Å². The van der Waals surface area contributed by atoms with Crippen LogP contribution < -0.4 is 4.74 Å². The molecule has 0 atom stereocenters. The molecule has 0 bridgehead atoms. The molecule has 152 valence electrons. The summed E-state index contributed by atoms with van der Waals surface area (Å²) in [7, 11) is 0. The molecule has 0 saturated carbocycles. The van der Waals surface area contributed by atoms with E-state index < -0.39 is 0 Å². The first-order valence-corrected chi connectivity index (χ1v) is 10.6. The summed E-state index contributed by atoms with van der Waals surface area (Å²) in [6, 6.07) is 27.3. The van der Waals surface area contributed by atoms with Crippen molar-refractivity contribution in [3.05, 3.63) is 102 Å². The molecule has 30 heavy (non-hydrogen) atoms. The number of Topliss-reactive ketones (excluding diaryl/α,β-unsaturated/α-hetero) is 1. The van der Waals surface area contributed by atoms with Crippen LogP contribution >= 0.6 is 0 Å². The Kier molecular flexibility index (Phi) is 6.73. The van der Waals surface area contributed by atoms with Crippen LogP contribution in [0, 0.1) is 0 Å². The lowest BCUT2D eigenvalue weighted by atomic mass is 9.95. The molecule has 0 radical (unpaired) electrons. The molecule has 0 N–H and O–H groups in total. The molecule has 3 aromatic rings. The highest BCUT2D eigenvalue weighted by Gasteiger charge is 2.15. The zero-order valence-corrected chi connectivity index (χ0v) is 17.2. The van der Waals surface area contributed by atoms with Crippen molar-refractivity contribution in [2.45, 2.75) is 12.8 Å². The van der Waals surface area contributed by atoms with Crippen molar-refractivity contribution in [2.75, 3.05) is 26.2 Å². The number of allylic oxidation sites excluding steroid dienone is 1. The fourth-order valence-corrected chi connectivity index (χ4v) is 3.77. The summed E-state index contributed by atoms with van der Waals surface area (Å²) < 4.78 is 5.88. The number of rotatable bonds is 8. The number of ketones is 1. The number of hydrogen-bond acceptors (Lipinski definition) is 3. The van der Waals surface area contributed by atoms with Crippen molar-refractivity contribution >= 4 is 17.4 Å². The maximum Gasteiger partial charge on any atom is 0.193 e. The van der Waals surface area contributed by atoms with E-state index in [-0.39, 0.29) is 5.78 Å². The monoisotopic (exact) mass is 397 g/mol. The van der Waals surface area contributed by atoms with Crippen molar-refractivity contribution in [3.8, 4) is 5.75 Å². The number of ether oxygens (including phenoxy) is 1. The van der Waals surface area contributed by atoms with Crippen molar-refractivity contribution in [3.63, 3.8) is 0 Å². The minimum Gasteiger partial charge on any atom is -0.492 e. The van der Waals surface area contributed by atoms with Gasteiger partial charge in [0.1, 0.15) is 12.4 Å². The number of likely N-dealkylation sites (tertiary alicyclic amines) is 1. The second-order valence-electron chi connectivity index (χ2n) is 7.59. The molecular weight excluding hydrogens is 370 g/mol. The summed E-state index contributed by atoms with van der Waals surface area (Å²) in [5, 5.41) is 0. The molecule has 0 spiro atoms. The van der Waals surface area contributed by atoms with Gasteiger partial charge in [-0.15, -0.1) is 0 Å². The molecule has 3 nitrogen and oxygen atoms in total. The average molecular weight is 398 g/mol. The Balaban J connectivity index is 1.49. The van der Waals surface area contributed by atoms with E-state index in [1.807, 2.05) is 91.0 Å². The molecule has 0 unspecified atom stereocenters. The van der Waals surface area contributed by atoms with Gasteiger partial charge in [-0.05, 0) is 67.4 Å². The Morgan fingerprint density at radius 3 is 2.10 bits per heavy atom. The Morgan fingerprint density at radius 2 is 1.43 bits per heavy atom. The van der Waals surface area contributed by atoms with E-state index in [0.717, 1.165) is 23.4 Å². The van der Waals surface area contributed by atoms with Gasteiger partial charge in [-0.1, -0.05) is 60.7 Å². The van der Waals surface area contributed by atoms with Gasteiger partial charge in [0.15, 0.2) is 5.78 Å². The van der Waals surface area contributed by atoms with Gasteiger partial charge in [0.05, 0.1) is 0 Å². The van der Waals surface area contributed by atoms with Crippen molar-refractivity contribution in [1.82, 2.24) is 4.90 Å². The third-order valence-electron chi connectivity index (χ3n) is 5.43. The highest BCUT2D eigenvalue weighted by atomic mass is 16.5. The van der Waals surface area contributed by atoms with Gasteiger partial charge in [0.25, 0.3) is 0 Å². The quantitative estimate of drug-likeness (QED) is 0.282. The average Bonchev–Trinajstić information content (AvgIpc) is 3.32. The van der Waals surface area contributed by atoms with Crippen LogP contribution in [-0.4, -0.2) is 36.9 Å². The lowest BCUT2D eigenvalue weighted by Gasteiger charge is -2.15. The number of hydrogen-bond donors (Lipinski definition) is 0. The molecule has 1 aliphatic heterocycles.